The Morgan fingerprint density at radius 1 is 1.35 bits per heavy atom. The van der Waals surface area contributed by atoms with Crippen molar-refractivity contribution in [1.29, 1.82) is 0 Å². The van der Waals surface area contributed by atoms with Crippen LogP contribution < -0.4 is 5.32 Å². The van der Waals surface area contributed by atoms with Crippen molar-refractivity contribution in [1.82, 2.24) is 10.2 Å². The second-order valence-corrected chi connectivity index (χ2v) is 4.84. The highest BCUT2D eigenvalue weighted by Gasteiger charge is 2.13. The van der Waals surface area contributed by atoms with Gasteiger partial charge in [0.2, 0.25) is 11.8 Å². The lowest BCUT2D eigenvalue weighted by Gasteiger charge is -2.20. The van der Waals surface area contributed by atoms with Crippen molar-refractivity contribution in [2.45, 2.75) is 19.8 Å². The van der Waals surface area contributed by atoms with Crippen molar-refractivity contribution >= 4 is 23.9 Å². The number of nitrogens with zero attached hydrogens (tertiary/aromatic N) is 1. The van der Waals surface area contributed by atoms with Crippen LogP contribution in [0.4, 0.5) is 0 Å². The Labute approximate surface area is 135 Å². The monoisotopic (exact) mass is 322 g/mol. The molecule has 23 heavy (non-hydrogen) atoms. The van der Waals surface area contributed by atoms with Crippen LogP contribution in [0.2, 0.25) is 0 Å². The van der Waals surface area contributed by atoms with E-state index in [1.165, 1.54) is 31.3 Å². The lowest BCUT2D eigenvalue weighted by atomic mass is 10.3. The summed E-state index contributed by atoms with van der Waals surface area (Å²) in [6.45, 7) is 2.60. The largest absolute Gasteiger partial charge is 0.469 e. The molecule has 1 aromatic rings. The van der Waals surface area contributed by atoms with Crippen LogP contribution in [0.25, 0.3) is 6.08 Å². The number of hydrogen-bond donors (Lipinski definition) is 1. The van der Waals surface area contributed by atoms with Gasteiger partial charge < -0.3 is 19.4 Å². The van der Waals surface area contributed by atoms with Crippen molar-refractivity contribution in [2.24, 2.45) is 0 Å². The molecule has 0 aromatic carbocycles. The molecule has 1 rings (SSSR count). The molecule has 7 nitrogen and oxygen atoms in total. The highest BCUT2D eigenvalue weighted by Crippen LogP contribution is 2.04. The van der Waals surface area contributed by atoms with Crippen molar-refractivity contribution in [2.75, 3.05) is 26.7 Å². The third-order valence-electron chi connectivity index (χ3n) is 3.04. The lowest BCUT2D eigenvalue weighted by molar-refractivity contribution is -0.141. The molecule has 126 valence electrons. The maximum Gasteiger partial charge on any atom is 0.307 e. The highest BCUT2D eigenvalue weighted by atomic mass is 16.5. The first kappa shape index (κ1) is 18.5. The molecule has 0 saturated heterocycles. The van der Waals surface area contributed by atoms with E-state index in [0.29, 0.717) is 25.3 Å². The van der Waals surface area contributed by atoms with Crippen molar-refractivity contribution in [3.05, 3.63) is 30.2 Å². The van der Waals surface area contributed by atoms with Gasteiger partial charge in [-0.2, -0.15) is 0 Å². The second kappa shape index (κ2) is 10.2. The SMILES string of the molecule is COC(=O)CCN(CCCNC(C)=O)C(=O)/C=C/c1ccco1. The van der Waals surface area contributed by atoms with Crippen LogP contribution in [-0.4, -0.2) is 49.4 Å². The van der Waals surface area contributed by atoms with Crippen molar-refractivity contribution < 1.29 is 23.5 Å². The Morgan fingerprint density at radius 2 is 2.13 bits per heavy atom. The van der Waals surface area contributed by atoms with E-state index < -0.39 is 0 Å². The predicted molar refractivity (Wildman–Crippen MR) is 84.3 cm³/mol. The summed E-state index contributed by atoms with van der Waals surface area (Å²) in [6, 6.07) is 3.46. The van der Waals surface area contributed by atoms with E-state index >= 15 is 0 Å². The Balaban J connectivity index is 2.55. The maximum atomic E-state index is 12.2. The molecule has 0 saturated carbocycles. The van der Waals surface area contributed by atoms with E-state index in [0.717, 1.165) is 0 Å². The number of carbonyl (C=O) groups excluding carboxylic acids is 3. The van der Waals surface area contributed by atoms with Crippen molar-refractivity contribution in [3.63, 3.8) is 0 Å². The number of esters is 1. The number of ether oxygens (including phenoxy) is 1. The standard InChI is InChI=1S/C16H22N2O5/c1-13(19)17-9-4-10-18(11-8-16(21)22-2)15(20)7-6-14-5-3-12-23-14/h3,5-7,12H,4,8-11H2,1-2H3,(H,17,19)/b7-6+. The molecule has 0 aliphatic rings. The third-order valence-corrected chi connectivity index (χ3v) is 3.04. The van der Waals surface area contributed by atoms with Crippen LogP contribution in [0, 0.1) is 0 Å². The van der Waals surface area contributed by atoms with E-state index in [-0.39, 0.29) is 30.7 Å². The summed E-state index contributed by atoms with van der Waals surface area (Å²) in [7, 11) is 1.31. The number of nitrogens with one attached hydrogen (secondary N) is 1. The van der Waals surface area contributed by atoms with Gasteiger partial charge in [0.1, 0.15) is 5.76 Å². The van der Waals surface area contributed by atoms with E-state index in [2.05, 4.69) is 10.1 Å². The summed E-state index contributed by atoms with van der Waals surface area (Å²) in [5.74, 6) is -0.146. The summed E-state index contributed by atoms with van der Waals surface area (Å²) >= 11 is 0. The fourth-order valence-electron chi connectivity index (χ4n) is 1.84. The smallest absolute Gasteiger partial charge is 0.307 e. The molecule has 1 heterocycles. The zero-order valence-electron chi connectivity index (χ0n) is 13.4. The number of amides is 2. The molecule has 0 atom stereocenters. The second-order valence-electron chi connectivity index (χ2n) is 4.84. The zero-order chi connectivity index (χ0) is 17.1. The average Bonchev–Trinajstić information content (AvgIpc) is 3.04. The van der Waals surface area contributed by atoms with E-state index in [1.807, 2.05) is 0 Å². The van der Waals surface area contributed by atoms with E-state index in [9.17, 15) is 14.4 Å². The van der Waals surface area contributed by atoms with Gasteiger partial charge in [-0.05, 0) is 24.6 Å². The Hall–Kier alpha value is -2.57. The van der Waals surface area contributed by atoms with Gasteiger partial charge in [-0.15, -0.1) is 0 Å². The number of rotatable bonds is 9. The topological polar surface area (TPSA) is 88.9 Å². The normalized spacial score (nSPS) is 10.5. The molecular weight excluding hydrogens is 300 g/mol. The Morgan fingerprint density at radius 3 is 2.74 bits per heavy atom. The molecule has 2 amide bonds. The minimum Gasteiger partial charge on any atom is -0.469 e. The first-order valence-electron chi connectivity index (χ1n) is 7.34. The van der Waals surface area contributed by atoms with Gasteiger partial charge in [-0.25, -0.2) is 0 Å². The molecule has 0 aliphatic heterocycles. The van der Waals surface area contributed by atoms with Crippen LogP contribution >= 0.6 is 0 Å². The van der Waals surface area contributed by atoms with Crippen molar-refractivity contribution in [3.8, 4) is 0 Å². The fourth-order valence-corrected chi connectivity index (χ4v) is 1.84. The summed E-state index contributed by atoms with van der Waals surface area (Å²) in [4.78, 5) is 35.9. The first-order valence-corrected chi connectivity index (χ1v) is 7.34. The Bertz CT molecular complexity index is 537. The molecule has 1 aromatic heterocycles. The first-order chi connectivity index (χ1) is 11.0. The van der Waals surface area contributed by atoms with Gasteiger partial charge in [0, 0.05) is 32.6 Å². The lowest BCUT2D eigenvalue weighted by Crippen LogP contribution is -2.34. The van der Waals surface area contributed by atoms with E-state index in [1.54, 1.807) is 18.2 Å². The number of carbonyl (C=O) groups is 3. The van der Waals surface area contributed by atoms with Gasteiger partial charge in [0.15, 0.2) is 0 Å². The zero-order valence-corrected chi connectivity index (χ0v) is 13.4. The van der Waals surface area contributed by atoms with Gasteiger partial charge >= 0.3 is 5.97 Å². The van der Waals surface area contributed by atoms with Crippen LogP contribution in [0.15, 0.2) is 28.9 Å². The van der Waals surface area contributed by atoms with Crippen LogP contribution in [0.1, 0.15) is 25.5 Å². The third kappa shape index (κ3) is 7.85. The fraction of sp³-hybridized carbons (Fsp3) is 0.438. The quantitative estimate of drug-likeness (QED) is 0.419. The summed E-state index contributed by atoms with van der Waals surface area (Å²) < 4.78 is 9.71. The molecule has 0 spiro atoms. The molecule has 0 radical (unpaired) electrons. The minimum absolute atomic E-state index is 0.116. The number of hydrogen-bond acceptors (Lipinski definition) is 5. The van der Waals surface area contributed by atoms with Gasteiger partial charge in [0.25, 0.3) is 0 Å². The summed E-state index contributed by atoms with van der Waals surface area (Å²) in [6.07, 6.45) is 5.21. The molecule has 0 aliphatic carbocycles. The maximum absolute atomic E-state index is 12.2. The van der Waals surface area contributed by atoms with E-state index in [4.69, 9.17) is 4.42 Å². The Kier molecular flexibility index (Phi) is 8.20. The highest BCUT2D eigenvalue weighted by molar-refractivity contribution is 5.91. The molecule has 7 heteroatoms. The van der Waals surface area contributed by atoms with Gasteiger partial charge in [-0.1, -0.05) is 0 Å². The molecule has 0 unspecified atom stereocenters. The van der Waals surface area contributed by atoms with Crippen LogP contribution in [0.5, 0.6) is 0 Å². The van der Waals surface area contributed by atoms with Gasteiger partial charge in [0.05, 0.1) is 19.8 Å². The summed E-state index contributed by atoms with van der Waals surface area (Å²) in [5.41, 5.74) is 0. The van der Waals surface area contributed by atoms with Crippen LogP contribution in [0.3, 0.4) is 0 Å². The minimum atomic E-state index is -0.375. The molecule has 1 N–H and O–H groups in total. The van der Waals surface area contributed by atoms with Crippen LogP contribution in [-0.2, 0) is 19.1 Å². The number of methoxy groups -OCH3 is 1. The predicted octanol–water partition coefficient (Wildman–Crippen LogP) is 1.21. The molecular formula is C16H22N2O5. The molecule has 0 bridgehead atoms. The molecule has 0 fully saturated rings. The average molecular weight is 322 g/mol. The van der Waals surface area contributed by atoms with Gasteiger partial charge in [-0.3, -0.25) is 14.4 Å². The number of furan rings is 1. The summed E-state index contributed by atoms with van der Waals surface area (Å²) in [5, 5.41) is 2.67.